The topological polar surface area (TPSA) is 80.0 Å². The van der Waals surface area contributed by atoms with Crippen LogP contribution < -0.4 is 5.32 Å². The predicted octanol–water partition coefficient (Wildman–Crippen LogP) is 1.61. The SMILES string of the molecule is O=C(NCC1CCCC(O)C1)c1cn(Cc2ccccc2)nn1. The Bertz CT molecular complexity index is 641. The van der Waals surface area contributed by atoms with Gasteiger partial charge in [-0.15, -0.1) is 5.10 Å². The maximum atomic E-state index is 12.1. The van der Waals surface area contributed by atoms with Crippen LogP contribution in [0.2, 0.25) is 0 Å². The van der Waals surface area contributed by atoms with Crippen molar-refractivity contribution in [2.45, 2.75) is 38.3 Å². The standard InChI is InChI=1S/C17H22N4O2/c22-15-8-4-7-14(9-15)10-18-17(23)16-12-21(20-19-16)11-13-5-2-1-3-6-13/h1-3,5-6,12,14-15,22H,4,7-11H2,(H,18,23). The van der Waals surface area contributed by atoms with Gasteiger partial charge in [0.1, 0.15) is 0 Å². The van der Waals surface area contributed by atoms with E-state index >= 15 is 0 Å². The Morgan fingerprint density at radius 2 is 2.13 bits per heavy atom. The van der Waals surface area contributed by atoms with Crippen molar-refractivity contribution in [1.82, 2.24) is 20.3 Å². The lowest BCUT2D eigenvalue weighted by Crippen LogP contribution is -2.33. The Morgan fingerprint density at radius 1 is 1.30 bits per heavy atom. The summed E-state index contributed by atoms with van der Waals surface area (Å²) in [6, 6.07) is 9.93. The van der Waals surface area contributed by atoms with Crippen molar-refractivity contribution in [3.05, 3.63) is 47.8 Å². The van der Waals surface area contributed by atoms with Crippen LogP contribution in [0.5, 0.6) is 0 Å². The van der Waals surface area contributed by atoms with Gasteiger partial charge in [-0.3, -0.25) is 4.79 Å². The number of aliphatic hydroxyl groups is 1. The molecule has 122 valence electrons. The summed E-state index contributed by atoms with van der Waals surface area (Å²) in [6.07, 6.45) is 5.15. The molecule has 1 heterocycles. The number of rotatable bonds is 5. The minimum absolute atomic E-state index is 0.204. The van der Waals surface area contributed by atoms with E-state index < -0.39 is 0 Å². The average Bonchev–Trinajstić information content (AvgIpc) is 3.02. The maximum absolute atomic E-state index is 12.1. The Balaban J connectivity index is 1.52. The van der Waals surface area contributed by atoms with Gasteiger partial charge in [0.15, 0.2) is 5.69 Å². The molecule has 1 aromatic heterocycles. The van der Waals surface area contributed by atoms with Gasteiger partial charge in [0.25, 0.3) is 5.91 Å². The second kappa shape index (κ2) is 7.37. The second-order valence-electron chi connectivity index (χ2n) is 6.18. The molecule has 23 heavy (non-hydrogen) atoms. The van der Waals surface area contributed by atoms with Gasteiger partial charge in [0.2, 0.25) is 0 Å². The van der Waals surface area contributed by atoms with Crippen LogP contribution in [0.1, 0.15) is 41.7 Å². The first-order chi connectivity index (χ1) is 11.2. The van der Waals surface area contributed by atoms with Crippen molar-refractivity contribution in [2.24, 2.45) is 5.92 Å². The van der Waals surface area contributed by atoms with Crippen LogP contribution in [0.3, 0.4) is 0 Å². The Labute approximate surface area is 135 Å². The number of hydrogen-bond donors (Lipinski definition) is 2. The van der Waals surface area contributed by atoms with Gasteiger partial charge in [0.05, 0.1) is 18.8 Å². The Hall–Kier alpha value is -2.21. The zero-order valence-corrected chi connectivity index (χ0v) is 13.1. The van der Waals surface area contributed by atoms with Crippen LogP contribution in [0.4, 0.5) is 0 Å². The molecule has 0 saturated heterocycles. The summed E-state index contributed by atoms with van der Waals surface area (Å²) < 4.78 is 1.66. The molecule has 2 aromatic rings. The molecule has 1 aliphatic carbocycles. The molecule has 3 rings (SSSR count). The molecular formula is C17H22N4O2. The predicted molar refractivity (Wildman–Crippen MR) is 85.9 cm³/mol. The summed E-state index contributed by atoms with van der Waals surface area (Å²) in [6.45, 7) is 1.18. The summed E-state index contributed by atoms with van der Waals surface area (Å²) in [5, 5.41) is 20.5. The van der Waals surface area contributed by atoms with Crippen molar-refractivity contribution in [3.8, 4) is 0 Å². The first kappa shape index (κ1) is 15.7. The van der Waals surface area contributed by atoms with E-state index in [4.69, 9.17) is 0 Å². The molecule has 1 amide bonds. The van der Waals surface area contributed by atoms with E-state index in [1.807, 2.05) is 30.3 Å². The zero-order valence-electron chi connectivity index (χ0n) is 13.1. The van der Waals surface area contributed by atoms with Crippen LogP contribution in [0, 0.1) is 5.92 Å². The molecule has 0 bridgehead atoms. The number of amides is 1. The Morgan fingerprint density at radius 3 is 2.91 bits per heavy atom. The van der Waals surface area contributed by atoms with E-state index in [1.54, 1.807) is 10.9 Å². The van der Waals surface area contributed by atoms with Crippen molar-refractivity contribution in [1.29, 1.82) is 0 Å². The summed E-state index contributed by atoms with van der Waals surface area (Å²) in [5.74, 6) is 0.145. The lowest BCUT2D eigenvalue weighted by Gasteiger charge is -2.25. The van der Waals surface area contributed by atoms with Crippen LogP contribution in [0.25, 0.3) is 0 Å². The Kier molecular flexibility index (Phi) is 5.02. The number of aliphatic hydroxyl groups excluding tert-OH is 1. The largest absolute Gasteiger partial charge is 0.393 e. The minimum Gasteiger partial charge on any atom is -0.393 e. The highest BCUT2D eigenvalue weighted by Crippen LogP contribution is 2.23. The van der Waals surface area contributed by atoms with Crippen LogP contribution >= 0.6 is 0 Å². The summed E-state index contributed by atoms with van der Waals surface area (Å²) in [7, 11) is 0. The number of hydrogen-bond acceptors (Lipinski definition) is 4. The highest BCUT2D eigenvalue weighted by Gasteiger charge is 2.21. The van der Waals surface area contributed by atoms with E-state index in [9.17, 15) is 9.90 Å². The minimum atomic E-state index is -0.225. The normalized spacial score (nSPS) is 21.1. The lowest BCUT2D eigenvalue weighted by molar-refractivity contribution is 0.0870. The van der Waals surface area contributed by atoms with Crippen molar-refractivity contribution < 1.29 is 9.90 Å². The molecule has 6 nitrogen and oxygen atoms in total. The van der Waals surface area contributed by atoms with Gasteiger partial charge in [-0.1, -0.05) is 42.0 Å². The van der Waals surface area contributed by atoms with Crippen LogP contribution in [-0.2, 0) is 6.54 Å². The van der Waals surface area contributed by atoms with Gasteiger partial charge in [-0.25, -0.2) is 4.68 Å². The maximum Gasteiger partial charge on any atom is 0.273 e. The van der Waals surface area contributed by atoms with E-state index in [0.29, 0.717) is 24.7 Å². The summed E-state index contributed by atoms with van der Waals surface area (Å²) in [5.41, 5.74) is 1.44. The third kappa shape index (κ3) is 4.39. The smallest absolute Gasteiger partial charge is 0.273 e. The highest BCUT2D eigenvalue weighted by atomic mass is 16.3. The van der Waals surface area contributed by atoms with Gasteiger partial charge < -0.3 is 10.4 Å². The molecule has 2 unspecified atom stereocenters. The van der Waals surface area contributed by atoms with Gasteiger partial charge in [0, 0.05) is 6.54 Å². The molecule has 0 radical (unpaired) electrons. The molecule has 6 heteroatoms. The number of benzene rings is 1. The van der Waals surface area contributed by atoms with Gasteiger partial charge in [-0.2, -0.15) is 0 Å². The summed E-state index contributed by atoms with van der Waals surface area (Å²) in [4.78, 5) is 12.1. The number of carbonyl (C=O) groups is 1. The van der Waals surface area contributed by atoms with Gasteiger partial charge in [-0.05, 0) is 30.7 Å². The third-order valence-electron chi connectivity index (χ3n) is 4.27. The van der Waals surface area contributed by atoms with Crippen LogP contribution in [-0.4, -0.2) is 38.7 Å². The second-order valence-corrected chi connectivity index (χ2v) is 6.18. The first-order valence-electron chi connectivity index (χ1n) is 8.11. The fourth-order valence-corrected chi connectivity index (χ4v) is 3.03. The summed E-state index contributed by atoms with van der Waals surface area (Å²) >= 11 is 0. The fourth-order valence-electron chi connectivity index (χ4n) is 3.03. The van der Waals surface area contributed by atoms with Crippen LogP contribution in [0.15, 0.2) is 36.5 Å². The van der Waals surface area contributed by atoms with E-state index in [1.165, 1.54) is 0 Å². The van der Waals surface area contributed by atoms with Gasteiger partial charge >= 0.3 is 0 Å². The zero-order chi connectivity index (χ0) is 16.1. The number of nitrogens with one attached hydrogen (secondary N) is 1. The van der Waals surface area contributed by atoms with Crippen molar-refractivity contribution in [3.63, 3.8) is 0 Å². The number of nitrogens with zero attached hydrogens (tertiary/aromatic N) is 3. The average molecular weight is 314 g/mol. The fraction of sp³-hybridized carbons (Fsp3) is 0.471. The molecule has 1 aromatic carbocycles. The first-order valence-corrected chi connectivity index (χ1v) is 8.11. The molecule has 1 aliphatic rings. The molecule has 2 atom stereocenters. The molecule has 1 saturated carbocycles. The number of carbonyl (C=O) groups excluding carboxylic acids is 1. The van der Waals surface area contributed by atoms with Crippen molar-refractivity contribution >= 4 is 5.91 Å². The van der Waals surface area contributed by atoms with E-state index in [2.05, 4.69) is 15.6 Å². The molecule has 2 N–H and O–H groups in total. The number of aromatic nitrogens is 3. The molecule has 0 spiro atoms. The van der Waals surface area contributed by atoms with E-state index in [-0.39, 0.29) is 12.0 Å². The lowest BCUT2D eigenvalue weighted by atomic mass is 9.87. The highest BCUT2D eigenvalue weighted by molar-refractivity contribution is 5.91. The van der Waals surface area contributed by atoms with Crippen molar-refractivity contribution in [2.75, 3.05) is 6.54 Å². The molecule has 1 fully saturated rings. The molecule has 0 aliphatic heterocycles. The molecular weight excluding hydrogens is 292 g/mol. The third-order valence-corrected chi connectivity index (χ3v) is 4.27. The monoisotopic (exact) mass is 314 g/mol. The quantitative estimate of drug-likeness (QED) is 0.878. The van der Waals surface area contributed by atoms with E-state index in [0.717, 1.165) is 31.2 Å².